The first kappa shape index (κ1) is 16.7. The van der Waals surface area contributed by atoms with Crippen LogP contribution in [-0.4, -0.2) is 24.9 Å². The molecule has 0 unspecified atom stereocenters. The first-order valence-electron chi connectivity index (χ1n) is 9.77. The monoisotopic (exact) mass is 334 g/mol. The van der Waals surface area contributed by atoms with Crippen LogP contribution in [0.15, 0.2) is 24.4 Å². The fraction of sp³-hybridized carbons (Fsp3) is 0.571. The van der Waals surface area contributed by atoms with E-state index in [1.54, 1.807) is 0 Å². The molecule has 2 bridgehead atoms. The number of carbonyl (C=O) groups excluding carboxylic acids is 1. The van der Waals surface area contributed by atoms with Crippen molar-refractivity contribution < 1.29 is 4.79 Å². The molecule has 130 valence electrons. The van der Waals surface area contributed by atoms with E-state index >= 15 is 0 Å². The van der Waals surface area contributed by atoms with Gasteiger partial charge in [-0.25, -0.2) is 0 Å². The summed E-state index contributed by atoms with van der Waals surface area (Å²) in [6.45, 7) is 3.86. The molecule has 1 aromatic carbocycles. The number of nitrogens with zero attached hydrogens (tertiary/aromatic N) is 1. The lowest BCUT2D eigenvalue weighted by Gasteiger charge is -2.46. The molecule has 0 saturated heterocycles. The van der Waals surface area contributed by atoms with Crippen molar-refractivity contribution in [3.05, 3.63) is 30.0 Å². The number of rotatable bonds is 5. The van der Waals surface area contributed by atoms with E-state index in [0.717, 1.165) is 41.9 Å². The van der Waals surface area contributed by atoms with Gasteiger partial charge in [0.25, 0.3) is 5.91 Å². The first-order valence-corrected chi connectivity index (χ1v) is 9.77. The Hall–Kier alpha value is -1.71. The van der Waals surface area contributed by atoms with Crippen LogP contribution >= 0.6 is 0 Å². The zero-order valence-electron chi connectivity index (χ0n) is 15.2. The maximum absolute atomic E-state index is 13.0. The van der Waals surface area contributed by atoms with E-state index in [9.17, 15) is 4.79 Å². The average molecular weight is 334 g/mol. The average Bonchev–Trinajstić information content (AvgIpc) is 3.02. The Morgan fingerprint density at radius 1 is 1.28 bits per heavy atom. The molecule has 1 aromatic heterocycles. The van der Waals surface area contributed by atoms with Gasteiger partial charge in [-0.2, -0.15) is 0 Å². The third kappa shape index (κ3) is 3.00. The van der Waals surface area contributed by atoms with Crippen molar-refractivity contribution in [1.82, 2.24) is 9.88 Å². The van der Waals surface area contributed by atoms with Crippen LogP contribution in [0.2, 0.25) is 0 Å². The van der Waals surface area contributed by atoms with E-state index in [0.29, 0.717) is 10.9 Å². The molecular formula is C21H27BN2O. The quantitative estimate of drug-likeness (QED) is 0.834. The topological polar surface area (TPSA) is 34.0 Å². The Bertz CT molecular complexity index is 773. The summed E-state index contributed by atoms with van der Waals surface area (Å²) in [5.41, 5.74) is 2.82. The molecule has 3 aliphatic rings. The van der Waals surface area contributed by atoms with Crippen LogP contribution in [0.25, 0.3) is 10.9 Å². The maximum Gasteiger partial charge on any atom is 0.253 e. The van der Waals surface area contributed by atoms with Gasteiger partial charge in [0.05, 0.1) is 5.56 Å². The number of aromatic nitrogens is 1. The van der Waals surface area contributed by atoms with Crippen molar-refractivity contribution in [3.8, 4) is 0 Å². The molecule has 5 rings (SSSR count). The highest BCUT2D eigenvalue weighted by Crippen LogP contribution is 2.49. The van der Waals surface area contributed by atoms with E-state index in [-0.39, 0.29) is 5.91 Å². The van der Waals surface area contributed by atoms with Gasteiger partial charge in [0.15, 0.2) is 0 Å². The van der Waals surface area contributed by atoms with Crippen molar-refractivity contribution >= 4 is 30.1 Å². The molecule has 2 aromatic rings. The van der Waals surface area contributed by atoms with Crippen LogP contribution in [0.4, 0.5) is 0 Å². The van der Waals surface area contributed by atoms with Gasteiger partial charge in [-0.15, -0.1) is 0 Å². The molecule has 0 aliphatic heterocycles. The van der Waals surface area contributed by atoms with Crippen molar-refractivity contribution in [3.63, 3.8) is 0 Å². The van der Waals surface area contributed by atoms with Crippen LogP contribution in [0.3, 0.4) is 0 Å². The summed E-state index contributed by atoms with van der Waals surface area (Å²) >= 11 is 0. The van der Waals surface area contributed by atoms with Crippen molar-refractivity contribution in [2.45, 2.75) is 58.4 Å². The second-order valence-electron chi connectivity index (χ2n) is 8.14. The van der Waals surface area contributed by atoms with Gasteiger partial charge in [-0.1, -0.05) is 24.5 Å². The largest absolute Gasteiger partial charge is 0.351 e. The predicted octanol–water partition coefficient (Wildman–Crippen LogP) is 3.55. The fourth-order valence-electron chi connectivity index (χ4n) is 4.95. The van der Waals surface area contributed by atoms with Crippen LogP contribution < -0.4 is 10.8 Å². The molecular weight excluding hydrogens is 307 g/mol. The highest BCUT2D eigenvalue weighted by atomic mass is 16.1. The molecule has 2 radical (unpaired) electrons. The lowest BCUT2D eigenvalue weighted by molar-refractivity contribution is 0.0598. The summed E-state index contributed by atoms with van der Waals surface area (Å²) in [5, 5.41) is 4.15. The zero-order valence-corrected chi connectivity index (χ0v) is 15.2. The number of nitrogens with one attached hydrogen (secondary N) is 1. The minimum Gasteiger partial charge on any atom is -0.351 e. The van der Waals surface area contributed by atoms with Gasteiger partial charge in [0, 0.05) is 30.2 Å². The normalized spacial score (nSPS) is 25.4. The van der Waals surface area contributed by atoms with Crippen molar-refractivity contribution in [1.29, 1.82) is 0 Å². The highest BCUT2D eigenvalue weighted by Gasteiger charge is 2.40. The van der Waals surface area contributed by atoms with Crippen molar-refractivity contribution in [2.75, 3.05) is 6.54 Å². The molecule has 3 saturated carbocycles. The number of fused-ring (bicyclic) bond motifs is 4. The summed E-state index contributed by atoms with van der Waals surface area (Å²) in [4.78, 5) is 13.0. The van der Waals surface area contributed by atoms with Gasteiger partial charge in [-0.3, -0.25) is 4.79 Å². The van der Waals surface area contributed by atoms with Crippen LogP contribution in [0.5, 0.6) is 0 Å². The first-order chi connectivity index (χ1) is 12.1. The molecule has 1 N–H and O–H groups in total. The number of benzene rings is 1. The zero-order chi connectivity index (χ0) is 17.4. The van der Waals surface area contributed by atoms with Gasteiger partial charge in [0.1, 0.15) is 7.85 Å². The summed E-state index contributed by atoms with van der Waals surface area (Å²) < 4.78 is 2.16. The number of aryl methyl sites for hydroxylation is 1. The second-order valence-corrected chi connectivity index (χ2v) is 8.14. The summed E-state index contributed by atoms with van der Waals surface area (Å²) in [6.07, 6.45) is 10.9. The Labute approximate surface area is 151 Å². The number of amides is 1. The smallest absolute Gasteiger partial charge is 0.253 e. The van der Waals surface area contributed by atoms with E-state index in [1.807, 2.05) is 18.3 Å². The van der Waals surface area contributed by atoms with Gasteiger partial charge in [-0.05, 0) is 62.3 Å². The Kier molecular flexibility index (Phi) is 4.39. The lowest BCUT2D eigenvalue weighted by atomic mass is 9.61. The minimum absolute atomic E-state index is 0.0276. The number of hydrogen-bond donors (Lipinski definition) is 1. The molecule has 0 spiro atoms. The molecule has 4 heteroatoms. The van der Waals surface area contributed by atoms with Crippen LogP contribution in [0.1, 0.15) is 62.2 Å². The standard InChI is InChI=1S/C21H27BN2O/c1-2-12-24-13-16(19-17(22)4-3-5-18(19)24)20(25)23-14-21-9-6-15(7-10-21)8-11-21/h3-5,13,15H,2,6-12,14H2,1H3,(H,23,25). The third-order valence-electron chi connectivity index (χ3n) is 6.52. The third-order valence-corrected chi connectivity index (χ3v) is 6.52. The minimum atomic E-state index is 0.0276. The van der Waals surface area contributed by atoms with Crippen molar-refractivity contribution in [2.24, 2.45) is 11.3 Å². The molecule has 3 fully saturated rings. The van der Waals surface area contributed by atoms with Gasteiger partial charge in [0.2, 0.25) is 0 Å². The summed E-state index contributed by atoms with van der Waals surface area (Å²) in [7, 11) is 6.21. The molecule has 1 amide bonds. The van der Waals surface area contributed by atoms with E-state index in [1.165, 1.54) is 38.5 Å². The van der Waals surface area contributed by atoms with E-state index in [4.69, 9.17) is 7.85 Å². The summed E-state index contributed by atoms with van der Waals surface area (Å²) in [5.74, 6) is 0.976. The molecule has 25 heavy (non-hydrogen) atoms. The van der Waals surface area contributed by atoms with E-state index in [2.05, 4.69) is 22.9 Å². The molecule has 0 atom stereocenters. The Morgan fingerprint density at radius 2 is 2.00 bits per heavy atom. The van der Waals surface area contributed by atoms with Crippen LogP contribution in [0, 0.1) is 11.3 Å². The molecule has 1 heterocycles. The number of carbonyl (C=O) groups is 1. The highest BCUT2D eigenvalue weighted by molar-refractivity contribution is 6.40. The number of hydrogen-bond acceptors (Lipinski definition) is 1. The molecule has 3 nitrogen and oxygen atoms in total. The van der Waals surface area contributed by atoms with Crippen LogP contribution in [-0.2, 0) is 6.54 Å². The molecule has 3 aliphatic carbocycles. The summed E-state index contributed by atoms with van der Waals surface area (Å²) in [6, 6.07) is 5.90. The Morgan fingerprint density at radius 3 is 2.68 bits per heavy atom. The maximum atomic E-state index is 13.0. The van der Waals surface area contributed by atoms with Gasteiger partial charge < -0.3 is 9.88 Å². The SMILES string of the molecule is [B]c1cccc2c1c(C(=O)NCC13CCC(CC1)CC3)cn2CCC. The Balaban J connectivity index is 1.57. The lowest BCUT2D eigenvalue weighted by Crippen LogP contribution is -2.43. The fourth-order valence-corrected chi connectivity index (χ4v) is 4.95. The predicted molar refractivity (Wildman–Crippen MR) is 104 cm³/mol. The van der Waals surface area contributed by atoms with E-state index < -0.39 is 0 Å². The second kappa shape index (κ2) is 6.55. The van der Waals surface area contributed by atoms with Gasteiger partial charge >= 0.3 is 0 Å².